The van der Waals surface area contributed by atoms with Crippen molar-refractivity contribution in [1.82, 2.24) is 15.1 Å². The van der Waals surface area contributed by atoms with Crippen LogP contribution in [-0.4, -0.2) is 94.3 Å². The highest BCUT2D eigenvalue weighted by molar-refractivity contribution is 6.43. The van der Waals surface area contributed by atoms with Gasteiger partial charge in [-0.05, 0) is 51.0 Å². The van der Waals surface area contributed by atoms with E-state index in [1.807, 2.05) is 0 Å². The molecule has 2 fully saturated rings. The number of halogens is 4. The van der Waals surface area contributed by atoms with E-state index in [1.165, 1.54) is 42.2 Å². The van der Waals surface area contributed by atoms with Crippen LogP contribution >= 0.6 is 0 Å². The number of nitrogens with zero attached hydrogens (tertiary/aromatic N) is 3. The first-order valence-corrected chi connectivity index (χ1v) is 12.8. The van der Waals surface area contributed by atoms with Crippen LogP contribution in [-0.2, 0) is 16.0 Å². The Morgan fingerprint density at radius 3 is 2.52 bits per heavy atom. The molecule has 0 aliphatic carbocycles. The summed E-state index contributed by atoms with van der Waals surface area (Å²) in [6.45, 7) is 3.39. The number of nitrogens with one attached hydrogen (secondary N) is 1. The standard InChI is InChI=1S/C26H33BF4N4O5/c1-24(2,34-9-8-26(30,31)15-34)11-18(13-32)22(36)35-14-20(29)12-25(35,3)16-40-23(37)33-21(27(38)39)10-17-4-6-19(28)7-5-17/h4-7,11,20-21,38-39H,8-10,12,14-16H2,1-3H3,(H,33,37)/t20-,21?,25+/m0/s1. The van der Waals surface area contributed by atoms with Gasteiger partial charge in [-0.15, -0.1) is 0 Å². The Kier molecular flexibility index (Phi) is 9.54. The predicted molar refractivity (Wildman–Crippen MR) is 137 cm³/mol. The van der Waals surface area contributed by atoms with Gasteiger partial charge in [0.05, 0.1) is 24.6 Å². The third-order valence-corrected chi connectivity index (χ3v) is 7.32. The van der Waals surface area contributed by atoms with Crippen LogP contribution in [0.25, 0.3) is 0 Å². The number of rotatable bonds is 9. The molecule has 40 heavy (non-hydrogen) atoms. The summed E-state index contributed by atoms with van der Waals surface area (Å²) >= 11 is 0. The number of carbonyl (C=O) groups is 2. The van der Waals surface area contributed by atoms with E-state index < -0.39 is 67.2 Å². The second-order valence-electron chi connectivity index (χ2n) is 11.1. The molecule has 0 radical (unpaired) electrons. The number of benzene rings is 1. The summed E-state index contributed by atoms with van der Waals surface area (Å²) in [5.41, 5.74) is -2.25. The van der Waals surface area contributed by atoms with E-state index in [9.17, 15) is 42.5 Å². The minimum absolute atomic E-state index is 0.0590. The van der Waals surface area contributed by atoms with Gasteiger partial charge in [0.1, 0.15) is 30.2 Å². The lowest BCUT2D eigenvalue weighted by atomic mass is 9.76. The molecule has 9 nitrogen and oxygen atoms in total. The average Bonchev–Trinajstić information content (AvgIpc) is 3.40. The molecular formula is C26H33BF4N4O5. The van der Waals surface area contributed by atoms with Crippen LogP contribution < -0.4 is 5.32 Å². The van der Waals surface area contributed by atoms with E-state index in [-0.39, 0.29) is 37.9 Å². The van der Waals surface area contributed by atoms with E-state index in [0.717, 1.165) is 4.90 Å². The fourth-order valence-corrected chi connectivity index (χ4v) is 5.01. The Labute approximate surface area is 230 Å². The van der Waals surface area contributed by atoms with Crippen molar-refractivity contribution in [1.29, 1.82) is 5.26 Å². The molecule has 3 atom stereocenters. The third kappa shape index (κ3) is 7.74. The Bertz CT molecular complexity index is 1160. The van der Waals surface area contributed by atoms with Crippen molar-refractivity contribution in [3.8, 4) is 6.07 Å². The van der Waals surface area contributed by atoms with Gasteiger partial charge < -0.3 is 25.0 Å². The molecule has 0 saturated carbocycles. The summed E-state index contributed by atoms with van der Waals surface area (Å²) in [6, 6.07) is 6.99. The molecule has 218 valence electrons. The Hall–Kier alpha value is -3.15. The van der Waals surface area contributed by atoms with Crippen molar-refractivity contribution in [2.45, 2.75) is 69.1 Å². The van der Waals surface area contributed by atoms with Crippen LogP contribution in [0.5, 0.6) is 0 Å². The topological polar surface area (TPSA) is 126 Å². The molecule has 1 aromatic carbocycles. The monoisotopic (exact) mass is 568 g/mol. The van der Waals surface area contributed by atoms with E-state index in [1.54, 1.807) is 19.9 Å². The number of carbonyl (C=O) groups excluding carboxylic acids is 2. The lowest BCUT2D eigenvalue weighted by Gasteiger charge is -2.36. The first-order valence-electron chi connectivity index (χ1n) is 12.8. The van der Waals surface area contributed by atoms with Gasteiger partial charge in [0, 0.05) is 24.9 Å². The third-order valence-electron chi connectivity index (χ3n) is 7.32. The summed E-state index contributed by atoms with van der Waals surface area (Å²) in [5.74, 6) is -5.40. The number of hydrogen-bond acceptors (Lipinski definition) is 7. The number of nitriles is 1. The lowest BCUT2D eigenvalue weighted by Crippen LogP contribution is -2.52. The first kappa shape index (κ1) is 31.4. The minimum atomic E-state index is -2.88. The number of hydrogen-bond donors (Lipinski definition) is 3. The SMILES string of the molecule is CC(C)(C=C(C#N)C(=O)N1C[C@@H](F)C[C@]1(C)COC(=O)NC(Cc1ccc(F)cc1)B(O)O)N1CCC(F)(F)C1. The van der Waals surface area contributed by atoms with Gasteiger partial charge in [-0.3, -0.25) is 9.69 Å². The molecule has 2 saturated heterocycles. The molecule has 1 unspecified atom stereocenters. The summed E-state index contributed by atoms with van der Waals surface area (Å²) in [4.78, 5) is 28.4. The van der Waals surface area contributed by atoms with Crippen LogP contribution in [0.15, 0.2) is 35.9 Å². The predicted octanol–water partition coefficient (Wildman–Crippen LogP) is 2.37. The maximum absolute atomic E-state index is 14.5. The number of ether oxygens (including phenoxy) is 1. The highest BCUT2D eigenvalue weighted by atomic mass is 19.3. The molecule has 3 N–H and O–H groups in total. The number of alkyl carbamates (subject to hydrolysis) is 1. The number of likely N-dealkylation sites (tertiary alicyclic amines) is 2. The maximum Gasteiger partial charge on any atom is 0.475 e. The fourth-order valence-electron chi connectivity index (χ4n) is 5.01. The smallest absolute Gasteiger partial charge is 0.447 e. The maximum atomic E-state index is 14.5. The van der Waals surface area contributed by atoms with Gasteiger partial charge in [0.15, 0.2) is 0 Å². The molecule has 2 aliphatic rings. The number of alkyl halides is 3. The first-order chi connectivity index (χ1) is 18.5. The zero-order valence-corrected chi connectivity index (χ0v) is 22.5. The summed E-state index contributed by atoms with van der Waals surface area (Å²) < 4.78 is 60.4. The summed E-state index contributed by atoms with van der Waals surface area (Å²) in [5, 5.41) is 31.4. The largest absolute Gasteiger partial charge is 0.475 e. The van der Waals surface area contributed by atoms with Gasteiger partial charge in [0.25, 0.3) is 11.8 Å². The van der Waals surface area contributed by atoms with Crippen molar-refractivity contribution in [3.63, 3.8) is 0 Å². The Morgan fingerprint density at radius 1 is 1.32 bits per heavy atom. The highest BCUT2D eigenvalue weighted by Gasteiger charge is 2.48. The zero-order valence-electron chi connectivity index (χ0n) is 22.5. The van der Waals surface area contributed by atoms with Crippen molar-refractivity contribution in [3.05, 3.63) is 47.3 Å². The normalized spacial score (nSPS) is 23.9. The van der Waals surface area contributed by atoms with Gasteiger partial charge in [-0.25, -0.2) is 22.4 Å². The van der Waals surface area contributed by atoms with Crippen molar-refractivity contribution in [2.24, 2.45) is 0 Å². The van der Waals surface area contributed by atoms with Gasteiger partial charge >= 0.3 is 13.2 Å². The second kappa shape index (κ2) is 12.2. The van der Waals surface area contributed by atoms with E-state index in [4.69, 9.17) is 4.74 Å². The van der Waals surface area contributed by atoms with Crippen LogP contribution in [0.4, 0.5) is 22.4 Å². The Morgan fingerprint density at radius 2 is 1.98 bits per heavy atom. The molecule has 2 aliphatic heterocycles. The second-order valence-corrected chi connectivity index (χ2v) is 11.1. The molecular weight excluding hydrogens is 535 g/mol. The lowest BCUT2D eigenvalue weighted by molar-refractivity contribution is -0.131. The summed E-state index contributed by atoms with van der Waals surface area (Å²) in [7, 11) is -1.98. The molecule has 0 aromatic heterocycles. The Balaban J connectivity index is 1.68. The number of amides is 2. The molecule has 2 amide bonds. The van der Waals surface area contributed by atoms with Crippen LogP contribution in [0, 0.1) is 17.1 Å². The average molecular weight is 568 g/mol. The molecule has 3 rings (SSSR count). The molecule has 1 aromatic rings. The zero-order chi connectivity index (χ0) is 29.9. The van der Waals surface area contributed by atoms with E-state index in [2.05, 4.69) is 5.32 Å². The fraction of sp³-hybridized carbons (Fsp3) is 0.577. The summed E-state index contributed by atoms with van der Waals surface area (Å²) in [6.07, 6.45) is -1.85. The van der Waals surface area contributed by atoms with Crippen molar-refractivity contribution in [2.75, 3.05) is 26.2 Å². The van der Waals surface area contributed by atoms with Gasteiger partial charge in [-0.1, -0.05) is 12.1 Å². The molecule has 14 heteroatoms. The minimum Gasteiger partial charge on any atom is -0.447 e. The van der Waals surface area contributed by atoms with Gasteiger partial charge in [0.2, 0.25) is 0 Å². The molecule has 0 bridgehead atoms. The highest BCUT2D eigenvalue weighted by Crippen LogP contribution is 2.35. The van der Waals surface area contributed by atoms with Crippen LogP contribution in [0.3, 0.4) is 0 Å². The van der Waals surface area contributed by atoms with E-state index >= 15 is 0 Å². The van der Waals surface area contributed by atoms with Crippen molar-refractivity contribution >= 4 is 19.1 Å². The molecule has 0 spiro atoms. The van der Waals surface area contributed by atoms with Crippen LogP contribution in [0.1, 0.15) is 39.2 Å². The quantitative estimate of drug-likeness (QED) is 0.181. The van der Waals surface area contributed by atoms with Gasteiger partial charge in [-0.2, -0.15) is 5.26 Å². The van der Waals surface area contributed by atoms with Crippen LogP contribution in [0.2, 0.25) is 0 Å². The molecule has 2 heterocycles. The van der Waals surface area contributed by atoms with Crippen molar-refractivity contribution < 1.29 is 41.9 Å². The van der Waals surface area contributed by atoms with E-state index in [0.29, 0.717) is 5.56 Å².